The molecular formula is C6H12Cl2N2Pt+2. The van der Waals surface area contributed by atoms with Gasteiger partial charge in [-0.2, -0.15) is 0 Å². The van der Waals surface area contributed by atoms with Crippen molar-refractivity contribution in [2.75, 3.05) is 0 Å². The van der Waals surface area contributed by atoms with Crippen molar-refractivity contribution < 1.29 is 21.1 Å². The summed E-state index contributed by atoms with van der Waals surface area (Å²) in [5.41, 5.74) is 11.3. The first-order valence-corrected chi connectivity index (χ1v) is 4.17. The van der Waals surface area contributed by atoms with E-state index in [9.17, 15) is 0 Å². The van der Waals surface area contributed by atoms with Gasteiger partial charge in [0.1, 0.15) is 10.00 Å². The molecule has 2 atom stereocenters. The number of halogens is 2. The molecule has 2 nitrogen and oxygen atoms in total. The van der Waals surface area contributed by atoms with E-state index in [2.05, 4.69) is 0 Å². The molecule has 1 aliphatic carbocycles. The monoisotopic (exact) mass is 377 g/mol. The predicted molar refractivity (Wildman–Crippen MR) is 44.0 cm³/mol. The summed E-state index contributed by atoms with van der Waals surface area (Å²) in [6, 6.07) is 0. The van der Waals surface area contributed by atoms with Gasteiger partial charge in [0.15, 0.2) is 0 Å². The Morgan fingerprint density at radius 3 is 1.36 bits per heavy atom. The molecule has 0 radical (unpaired) electrons. The molecule has 0 saturated heterocycles. The average molecular weight is 378 g/mol. The van der Waals surface area contributed by atoms with Crippen molar-refractivity contribution in [2.45, 2.75) is 35.7 Å². The minimum absolute atomic E-state index is 0. The summed E-state index contributed by atoms with van der Waals surface area (Å²) >= 11 is 11.8. The summed E-state index contributed by atoms with van der Waals surface area (Å²) in [6.07, 6.45) is 3.44. The maximum Gasteiger partial charge on any atom is 2.00 e. The molecule has 1 fully saturated rings. The van der Waals surface area contributed by atoms with Crippen LogP contribution in [0.5, 0.6) is 0 Å². The first kappa shape index (κ1) is 12.2. The fourth-order valence-electron chi connectivity index (χ4n) is 1.18. The Kier molecular flexibility index (Phi) is 4.36. The normalized spacial score (nSPS) is 44.7. The van der Waals surface area contributed by atoms with Gasteiger partial charge in [-0.25, -0.2) is 0 Å². The molecule has 0 aromatic carbocycles. The molecule has 0 aliphatic heterocycles. The second kappa shape index (κ2) is 3.93. The van der Waals surface area contributed by atoms with E-state index in [4.69, 9.17) is 34.7 Å². The van der Waals surface area contributed by atoms with Crippen LogP contribution in [0.4, 0.5) is 0 Å². The van der Waals surface area contributed by atoms with Crippen molar-refractivity contribution in [3.63, 3.8) is 0 Å². The number of nitrogens with two attached hydrogens (primary N) is 2. The van der Waals surface area contributed by atoms with Crippen LogP contribution in [0.3, 0.4) is 0 Å². The minimum atomic E-state index is -0.910. The maximum absolute atomic E-state index is 5.88. The molecule has 0 aromatic rings. The molecule has 0 amide bonds. The van der Waals surface area contributed by atoms with Gasteiger partial charge in [-0.05, 0) is 12.8 Å². The SMILES string of the molecule is N[C@@]1(Cl)CCCC[C@@]1(N)Cl.[Pt+2]. The van der Waals surface area contributed by atoms with Crippen molar-refractivity contribution in [1.29, 1.82) is 0 Å². The molecule has 4 N–H and O–H groups in total. The largest absolute Gasteiger partial charge is 2.00 e. The summed E-state index contributed by atoms with van der Waals surface area (Å²) in [4.78, 5) is -1.82. The van der Waals surface area contributed by atoms with E-state index in [-0.39, 0.29) is 21.1 Å². The molecule has 1 rings (SSSR count). The number of hydrogen-bond acceptors (Lipinski definition) is 2. The fraction of sp³-hybridized carbons (Fsp3) is 1.00. The van der Waals surface area contributed by atoms with Crippen molar-refractivity contribution in [2.24, 2.45) is 11.5 Å². The smallest absolute Gasteiger partial charge is 0.310 e. The maximum atomic E-state index is 5.88. The van der Waals surface area contributed by atoms with Gasteiger partial charge in [-0.1, -0.05) is 36.0 Å². The molecule has 1 aliphatic rings. The molecule has 0 unspecified atom stereocenters. The summed E-state index contributed by atoms with van der Waals surface area (Å²) in [6.45, 7) is 0. The Hall–Kier alpha value is 1.19. The van der Waals surface area contributed by atoms with E-state index in [1.807, 2.05) is 0 Å². The first-order valence-electron chi connectivity index (χ1n) is 3.41. The van der Waals surface area contributed by atoms with E-state index in [1.54, 1.807) is 0 Å². The second-order valence-electron chi connectivity index (χ2n) is 2.93. The topological polar surface area (TPSA) is 52.0 Å². The summed E-state index contributed by atoms with van der Waals surface area (Å²) in [7, 11) is 0. The van der Waals surface area contributed by atoms with Gasteiger partial charge >= 0.3 is 21.1 Å². The molecule has 0 bridgehead atoms. The zero-order valence-corrected chi connectivity index (χ0v) is 9.84. The Bertz CT molecular complexity index is 123. The van der Waals surface area contributed by atoms with Gasteiger partial charge in [-0.15, -0.1) is 0 Å². The van der Waals surface area contributed by atoms with Gasteiger partial charge in [0.25, 0.3) is 0 Å². The van der Waals surface area contributed by atoms with Gasteiger partial charge in [0.05, 0.1) is 0 Å². The van der Waals surface area contributed by atoms with Gasteiger partial charge in [-0.3, -0.25) is 0 Å². The predicted octanol–water partition coefficient (Wildman–Crippen LogP) is 1.35. The zero-order valence-electron chi connectivity index (χ0n) is 6.06. The van der Waals surface area contributed by atoms with E-state index >= 15 is 0 Å². The summed E-state index contributed by atoms with van der Waals surface area (Å²) in [5.74, 6) is 0. The molecule has 1 saturated carbocycles. The Labute approximate surface area is 91.2 Å². The molecule has 0 heterocycles. The first-order chi connectivity index (χ1) is 4.46. The molecule has 68 valence electrons. The molecule has 5 heteroatoms. The van der Waals surface area contributed by atoms with E-state index in [1.165, 1.54) is 0 Å². The third-order valence-corrected chi connectivity index (χ3v) is 3.17. The van der Waals surface area contributed by atoms with Crippen LogP contribution in [0, 0.1) is 0 Å². The van der Waals surface area contributed by atoms with E-state index in [0.29, 0.717) is 12.8 Å². The molecule has 0 aromatic heterocycles. The van der Waals surface area contributed by atoms with E-state index < -0.39 is 10.00 Å². The van der Waals surface area contributed by atoms with Crippen LogP contribution in [-0.4, -0.2) is 10.00 Å². The van der Waals surface area contributed by atoms with E-state index in [0.717, 1.165) is 12.8 Å². The Morgan fingerprint density at radius 2 is 1.18 bits per heavy atom. The Balaban J connectivity index is 0.000001000. The van der Waals surface area contributed by atoms with Gasteiger partial charge < -0.3 is 11.5 Å². The number of alkyl halides is 2. The summed E-state index contributed by atoms with van der Waals surface area (Å²) in [5, 5.41) is 0. The van der Waals surface area contributed by atoms with Crippen LogP contribution in [0.25, 0.3) is 0 Å². The summed E-state index contributed by atoms with van der Waals surface area (Å²) < 4.78 is 0. The van der Waals surface area contributed by atoms with Crippen molar-refractivity contribution in [3.05, 3.63) is 0 Å². The van der Waals surface area contributed by atoms with Gasteiger partial charge in [0.2, 0.25) is 0 Å². The third-order valence-electron chi connectivity index (χ3n) is 2.02. The molecular weight excluding hydrogens is 366 g/mol. The van der Waals surface area contributed by atoms with Crippen molar-refractivity contribution >= 4 is 23.2 Å². The molecule has 0 spiro atoms. The number of rotatable bonds is 0. The molecule has 11 heavy (non-hydrogen) atoms. The van der Waals surface area contributed by atoms with Crippen LogP contribution in [0.2, 0.25) is 0 Å². The van der Waals surface area contributed by atoms with Crippen molar-refractivity contribution in [1.82, 2.24) is 0 Å². The van der Waals surface area contributed by atoms with Crippen LogP contribution in [-0.2, 0) is 21.1 Å². The van der Waals surface area contributed by atoms with Crippen LogP contribution < -0.4 is 11.5 Å². The van der Waals surface area contributed by atoms with Crippen LogP contribution in [0.15, 0.2) is 0 Å². The Morgan fingerprint density at radius 1 is 0.909 bits per heavy atom. The third kappa shape index (κ3) is 2.57. The average Bonchev–Trinajstić information content (AvgIpc) is 1.77. The van der Waals surface area contributed by atoms with Crippen molar-refractivity contribution in [3.8, 4) is 0 Å². The van der Waals surface area contributed by atoms with Crippen LogP contribution in [0.1, 0.15) is 25.7 Å². The second-order valence-corrected chi connectivity index (χ2v) is 4.28. The van der Waals surface area contributed by atoms with Crippen LogP contribution >= 0.6 is 23.2 Å². The fourth-order valence-corrected chi connectivity index (χ4v) is 1.64. The standard InChI is InChI=1S/C6H12Cl2N2.Pt/c7-5(9)3-1-2-4-6(5,8)10;/h1-4,9-10H2;/q;+2/t5-,6-;/m0./s1. The minimum Gasteiger partial charge on any atom is -0.310 e. The quantitative estimate of drug-likeness (QED) is 0.494. The van der Waals surface area contributed by atoms with Gasteiger partial charge in [0, 0.05) is 0 Å². The number of hydrogen-bond donors (Lipinski definition) is 2. The zero-order chi connectivity index (χ0) is 7.83.